The number of carbonyl (C=O) groups excluding carboxylic acids is 1. The van der Waals surface area contributed by atoms with Gasteiger partial charge in [0.25, 0.3) is 5.91 Å². The number of ether oxygens (including phenoxy) is 1. The molecule has 0 radical (unpaired) electrons. The lowest BCUT2D eigenvalue weighted by atomic mass is 9.91. The number of hydrogen-bond donors (Lipinski definition) is 1. The topological polar surface area (TPSA) is 55.6 Å². The Labute approximate surface area is 140 Å². The van der Waals surface area contributed by atoms with Crippen LogP contribution < -0.4 is 10.5 Å². The molecule has 0 aromatic heterocycles. The molecule has 23 heavy (non-hydrogen) atoms. The minimum atomic E-state index is -0.454. The van der Waals surface area contributed by atoms with Crippen LogP contribution in [-0.2, 0) is 4.79 Å². The largest absolute Gasteiger partial charge is 0.481 e. The molecule has 1 amide bonds. The summed E-state index contributed by atoms with van der Waals surface area (Å²) < 4.78 is 5.88. The molecule has 0 spiro atoms. The molecule has 0 aliphatic carbocycles. The van der Waals surface area contributed by atoms with E-state index < -0.39 is 6.10 Å². The highest BCUT2D eigenvalue weighted by atomic mass is 16.5. The van der Waals surface area contributed by atoms with Crippen LogP contribution in [0.2, 0.25) is 0 Å². The number of amides is 1. The van der Waals surface area contributed by atoms with Gasteiger partial charge < -0.3 is 15.4 Å². The number of hydrogen-bond acceptors (Lipinski definition) is 3. The summed E-state index contributed by atoms with van der Waals surface area (Å²) in [7, 11) is 0. The smallest absolute Gasteiger partial charge is 0.263 e. The lowest BCUT2D eigenvalue weighted by Crippen LogP contribution is -2.46. The standard InChI is InChI=1S/C19H30N2O2/c1-13(2)17-6-5-7-18(12-17)23-15(4)19(22)21-10-8-16(9-11-21)14(3)20/h5-7,12-16H,8-11,20H2,1-4H3. The number of benzene rings is 1. The molecule has 1 saturated heterocycles. The van der Waals surface area contributed by atoms with E-state index in [4.69, 9.17) is 10.5 Å². The van der Waals surface area contributed by atoms with Crippen LogP contribution in [0.15, 0.2) is 24.3 Å². The first-order chi connectivity index (χ1) is 10.9. The molecule has 1 heterocycles. The second-order valence-corrected chi connectivity index (χ2v) is 7.01. The summed E-state index contributed by atoms with van der Waals surface area (Å²) >= 11 is 0. The first kappa shape index (κ1) is 17.8. The van der Waals surface area contributed by atoms with Gasteiger partial charge in [-0.3, -0.25) is 4.79 Å². The number of likely N-dealkylation sites (tertiary alicyclic amines) is 1. The van der Waals surface area contributed by atoms with E-state index in [1.807, 2.05) is 30.0 Å². The number of piperidine rings is 1. The van der Waals surface area contributed by atoms with Crippen molar-refractivity contribution in [2.75, 3.05) is 13.1 Å². The summed E-state index contributed by atoms with van der Waals surface area (Å²) in [4.78, 5) is 14.5. The first-order valence-electron chi connectivity index (χ1n) is 8.69. The predicted molar refractivity (Wildman–Crippen MR) is 93.6 cm³/mol. The molecule has 2 atom stereocenters. The van der Waals surface area contributed by atoms with E-state index in [0.29, 0.717) is 11.8 Å². The van der Waals surface area contributed by atoms with Gasteiger partial charge >= 0.3 is 0 Å². The van der Waals surface area contributed by atoms with Crippen molar-refractivity contribution < 1.29 is 9.53 Å². The minimum absolute atomic E-state index is 0.0723. The van der Waals surface area contributed by atoms with Gasteiger partial charge in [0.15, 0.2) is 6.10 Å². The van der Waals surface area contributed by atoms with Gasteiger partial charge in [0, 0.05) is 19.1 Å². The fourth-order valence-corrected chi connectivity index (χ4v) is 3.10. The highest BCUT2D eigenvalue weighted by Crippen LogP contribution is 2.23. The third-order valence-electron chi connectivity index (χ3n) is 4.78. The first-order valence-corrected chi connectivity index (χ1v) is 8.69. The Morgan fingerprint density at radius 3 is 2.43 bits per heavy atom. The molecule has 1 aliphatic rings. The summed E-state index contributed by atoms with van der Waals surface area (Å²) in [6.45, 7) is 9.75. The van der Waals surface area contributed by atoms with Gasteiger partial charge in [-0.1, -0.05) is 26.0 Å². The van der Waals surface area contributed by atoms with E-state index >= 15 is 0 Å². The molecule has 2 N–H and O–H groups in total. The zero-order chi connectivity index (χ0) is 17.0. The summed E-state index contributed by atoms with van der Waals surface area (Å²) in [5.74, 6) is 1.81. The molecule has 0 bridgehead atoms. The Balaban J connectivity index is 1.92. The highest BCUT2D eigenvalue weighted by molar-refractivity contribution is 5.81. The van der Waals surface area contributed by atoms with Gasteiger partial charge in [-0.2, -0.15) is 0 Å². The zero-order valence-corrected chi connectivity index (χ0v) is 14.8. The number of nitrogens with zero attached hydrogens (tertiary/aromatic N) is 1. The average molecular weight is 318 g/mol. The summed E-state index contributed by atoms with van der Waals surface area (Å²) in [6, 6.07) is 8.22. The molecule has 0 saturated carbocycles. The normalized spacial score (nSPS) is 18.8. The predicted octanol–water partition coefficient (Wildman–Crippen LogP) is 3.16. The van der Waals surface area contributed by atoms with Crippen molar-refractivity contribution in [3.63, 3.8) is 0 Å². The molecule has 128 valence electrons. The van der Waals surface area contributed by atoms with Gasteiger partial charge in [0.2, 0.25) is 0 Å². The van der Waals surface area contributed by atoms with E-state index in [1.54, 1.807) is 0 Å². The van der Waals surface area contributed by atoms with Crippen molar-refractivity contribution in [2.24, 2.45) is 11.7 Å². The Morgan fingerprint density at radius 1 is 1.22 bits per heavy atom. The summed E-state index contributed by atoms with van der Waals surface area (Å²) in [5, 5.41) is 0. The van der Waals surface area contributed by atoms with Crippen molar-refractivity contribution >= 4 is 5.91 Å². The lowest BCUT2D eigenvalue weighted by molar-refractivity contribution is -0.139. The van der Waals surface area contributed by atoms with E-state index in [-0.39, 0.29) is 11.9 Å². The van der Waals surface area contributed by atoms with Crippen LogP contribution in [0.1, 0.15) is 52.0 Å². The molecule has 1 fully saturated rings. The van der Waals surface area contributed by atoms with Crippen LogP contribution in [0, 0.1) is 5.92 Å². The molecule has 4 nitrogen and oxygen atoms in total. The molecule has 1 aromatic rings. The Bertz CT molecular complexity index is 520. The molecular formula is C19H30N2O2. The fraction of sp³-hybridized carbons (Fsp3) is 0.632. The van der Waals surface area contributed by atoms with Crippen LogP contribution in [0.25, 0.3) is 0 Å². The van der Waals surface area contributed by atoms with Crippen LogP contribution in [-0.4, -0.2) is 36.0 Å². The Kier molecular flexibility index (Phi) is 6.05. The molecule has 2 unspecified atom stereocenters. The maximum absolute atomic E-state index is 12.6. The zero-order valence-electron chi connectivity index (χ0n) is 14.8. The quantitative estimate of drug-likeness (QED) is 0.907. The van der Waals surface area contributed by atoms with E-state index in [0.717, 1.165) is 31.7 Å². The minimum Gasteiger partial charge on any atom is -0.481 e. The fourth-order valence-electron chi connectivity index (χ4n) is 3.10. The lowest BCUT2D eigenvalue weighted by Gasteiger charge is -2.35. The number of rotatable bonds is 5. The average Bonchev–Trinajstić information content (AvgIpc) is 2.54. The van der Waals surface area contributed by atoms with Gasteiger partial charge in [0.1, 0.15) is 5.75 Å². The molecule has 1 aromatic carbocycles. The third kappa shape index (κ3) is 4.71. The van der Waals surface area contributed by atoms with Crippen LogP contribution >= 0.6 is 0 Å². The van der Waals surface area contributed by atoms with Crippen molar-refractivity contribution in [1.29, 1.82) is 0 Å². The van der Waals surface area contributed by atoms with E-state index in [2.05, 4.69) is 26.8 Å². The number of carbonyl (C=O) groups is 1. The van der Waals surface area contributed by atoms with Crippen LogP contribution in [0.5, 0.6) is 5.75 Å². The van der Waals surface area contributed by atoms with Crippen molar-refractivity contribution in [3.05, 3.63) is 29.8 Å². The second kappa shape index (κ2) is 7.82. The molecular weight excluding hydrogens is 288 g/mol. The Hall–Kier alpha value is -1.55. The molecule has 1 aliphatic heterocycles. The highest BCUT2D eigenvalue weighted by Gasteiger charge is 2.28. The molecule has 2 rings (SSSR count). The summed E-state index contributed by atoms with van der Waals surface area (Å²) in [5.41, 5.74) is 7.18. The van der Waals surface area contributed by atoms with Crippen molar-refractivity contribution in [1.82, 2.24) is 4.90 Å². The maximum atomic E-state index is 12.6. The monoisotopic (exact) mass is 318 g/mol. The van der Waals surface area contributed by atoms with Gasteiger partial charge in [-0.15, -0.1) is 0 Å². The third-order valence-corrected chi connectivity index (χ3v) is 4.78. The molecule has 4 heteroatoms. The van der Waals surface area contributed by atoms with Crippen LogP contribution in [0.3, 0.4) is 0 Å². The maximum Gasteiger partial charge on any atom is 0.263 e. The Morgan fingerprint density at radius 2 is 1.87 bits per heavy atom. The van der Waals surface area contributed by atoms with Gasteiger partial charge in [0.05, 0.1) is 0 Å². The van der Waals surface area contributed by atoms with Gasteiger partial charge in [-0.25, -0.2) is 0 Å². The van der Waals surface area contributed by atoms with E-state index in [1.165, 1.54) is 5.56 Å². The summed E-state index contributed by atoms with van der Waals surface area (Å²) in [6.07, 6.45) is 1.52. The van der Waals surface area contributed by atoms with Crippen molar-refractivity contribution in [3.8, 4) is 5.75 Å². The van der Waals surface area contributed by atoms with E-state index in [9.17, 15) is 4.79 Å². The van der Waals surface area contributed by atoms with Crippen molar-refractivity contribution in [2.45, 2.75) is 58.6 Å². The number of nitrogens with two attached hydrogens (primary N) is 1. The SMILES string of the molecule is CC(Oc1cccc(C(C)C)c1)C(=O)N1CCC(C(C)N)CC1. The second-order valence-electron chi connectivity index (χ2n) is 7.01. The van der Waals surface area contributed by atoms with Gasteiger partial charge in [-0.05, 0) is 56.2 Å². The van der Waals surface area contributed by atoms with Crippen LogP contribution in [0.4, 0.5) is 0 Å².